The van der Waals surface area contributed by atoms with Gasteiger partial charge in [-0.1, -0.05) is 57.6 Å². The molecule has 0 radical (unpaired) electrons. The predicted octanol–water partition coefficient (Wildman–Crippen LogP) is 5.75. The normalized spacial score (nSPS) is 40.0. The van der Waals surface area contributed by atoms with Gasteiger partial charge in [-0.3, -0.25) is 9.59 Å². The first-order valence-corrected chi connectivity index (χ1v) is 16.6. The van der Waals surface area contributed by atoms with Gasteiger partial charge in [0.25, 0.3) is 0 Å². The Bertz CT molecular complexity index is 1250. The van der Waals surface area contributed by atoms with Crippen molar-refractivity contribution in [3.05, 3.63) is 46.6 Å². The van der Waals surface area contributed by atoms with Crippen LogP contribution in [0.15, 0.2) is 46.6 Å². The second-order valence-corrected chi connectivity index (χ2v) is 15.4. The molecule has 10 atom stereocenters. The first-order valence-electron chi connectivity index (χ1n) is 16.6. The third-order valence-electron chi connectivity index (χ3n) is 11.6. The standard InChI is InChI=1S/C37H56O8/c1-21(2)13-14-27(45-34-33(42)32(41)26(40)20-43-34)22(3)11-10-12-23(4)31-25(39)19-29-36(8)18-16-30(44-24(5)38)35(6,7)28(36)15-17-37(29,31)9/h10-13,26-30,32-34,40-42H,14-20H2,1-9H3/b12-10+,22-11+,31-23-/t26-,27+,28-,29-,30+,32-,33-,34-,36-,37-/m0/s1. The molecule has 1 saturated heterocycles. The number of ketones is 1. The van der Waals surface area contributed by atoms with Gasteiger partial charge in [0.1, 0.15) is 24.4 Å². The molecule has 4 aliphatic rings. The number of aliphatic hydroxyl groups is 3. The minimum atomic E-state index is -1.36. The van der Waals surface area contributed by atoms with E-state index in [1.54, 1.807) is 0 Å². The van der Waals surface area contributed by atoms with E-state index >= 15 is 0 Å². The van der Waals surface area contributed by atoms with Gasteiger partial charge in [0.05, 0.1) is 12.7 Å². The molecule has 8 heteroatoms. The summed E-state index contributed by atoms with van der Waals surface area (Å²) in [6, 6.07) is 0. The highest BCUT2D eigenvalue weighted by Crippen LogP contribution is 2.69. The van der Waals surface area contributed by atoms with E-state index in [4.69, 9.17) is 14.2 Å². The fourth-order valence-electron chi connectivity index (χ4n) is 9.26. The van der Waals surface area contributed by atoms with E-state index in [2.05, 4.69) is 33.8 Å². The Labute approximate surface area is 269 Å². The predicted molar refractivity (Wildman–Crippen MR) is 173 cm³/mol. The molecular weight excluding hydrogens is 572 g/mol. The molecule has 0 unspecified atom stereocenters. The van der Waals surface area contributed by atoms with Crippen LogP contribution in [0.3, 0.4) is 0 Å². The molecule has 0 bridgehead atoms. The Morgan fingerprint density at radius 2 is 1.69 bits per heavy atom. The van der Waals surface area contributed by atoms with Crippen molar-refractivity contribution < 1.29 is 39.1 Å². The van der Waals surface area contributed by atoms with Gasteiger partial charge in [-0.05, 0) is 88.2 Å². The molecule has 0 spiro atoms. The molecule has 0 aromatic rings. The number of hydrogen-bond donors (Lipinski definition) is 3. The van der Waals surface area contributed by atoms with Crippen LogP contribution in [0, 0.1) is 28.1 Å². The molecule has 3 saturated carbocycles. The quantitative estimate of drug-likeness (QED) is 0.134. The SMILES string of the molecule is CC(=O)O[C@@H]1CC[C@@]2(C)[C@@H](CC[C@]3(C)\C(=C(C)/C=C/C=C(\C)[C@@H](CC=C(C)C)O[C@@H]4OC[C@H](O)[C@H](O)[C@@H]4O)C(=O)C[C@@H]23)C1(C)C. The molecule has 1 aliphatic heterocycles. The number of allylic oxidation sites excluding steroid dienone is 6. The van der Waals surface area contributed by atoms with Crippen molar-refractivity contribution in [3.63, 3.8) is 0 Å². The Hall–Kier alpha value is -2.10. The topological polar surface area (TPSA) is 123 Å². The van der Waals surface area contributed by atoms with E-state index in [0.29, 0.717) is 18.8 Å². The van der Waals surface area contributed by atoms with Crippen LogP contribution in [0.25, 0.3) is 0 Å². The molecule has 0 aromatic carbocycles. The van der Waals surface area contributed by atoms with Gasteiger partial charge in [-0.15, -0.1) is 0 Å². The smallest absolute Gasteiger partial charge is 0.302 e. The van der Waals surface area contributed by atoms with Crippen LogP contribution in [-0.2, 0) is 23.8 Å². The zero-order valence-corrected chi connectivity index (χ0v) is 28.8. The van der Waals surface area contributed by atoms with E-state index < -0.39 is 30.7 Å². The van der Waals surface area contributed by atoms with E-state index in [9.17, 15) is 24.9 Å². The Morgan fingerprint density at radius 1 is 1.00 bits per heavy atom. The molecule has 1 heterocycles. The lowest BCUT2D eigenvalue weighted by Crippen LogP contribution is -2.58. The largest absolute Gasteiger partial charge is 0.462 e. The monoisotopic (exact) mass is 628 g/mol. The number of ether oxygens (including phenoxy) is 3. The lowest BCUT2D eigenvalue weighted by Gasteiger charge is -2.62. The number of hydrogen-bond acceptors (Lipinski definition) is 8. The molecule has 3 N–H and O–H groups in total. The van der Waals surface area contributed by atoms with E-state index in [1.165, 1.54) is 6.92 Å². The van der Waals surface area contributed by atoms with Crippen LogP contribution in [0.2, 0.25) is 0 Å². The minimum Gasteiger partial charge on any atom is -0.462 e. The highest BCUT2D eigenvalue weighted by atomic mass is 16.7. The Kier molecular flexibility index (Phi) is 10.8. The fraction of sp³-hybridized carbons (Fsp3) is 0.730. The third-order valence-corrected chi connectivity index (χ3v) is 11.6. The molecule has 252 valence electrons. The molecular formula is C37H56O8. The number of esters is 1. The lowest BCUT2D eigenvalue weighted by molar-refractivity contribution is -0.278. The first kappa shape index (κ1) is 35.7. The zero-order valence-electron chi connectivity index (χ0n) is 28.8. The van der Waals surface area contributed by atoms with Gasteiger partial charge in [-0.25, -0.2) is 0 Å². The number of rotatable bonds is 8. The van der Waals surface area contributed by atoms with Crippen molar-refractivity contribution in [1.29, 1.82) is 0 Å². The van der Waals surface area contributed by atoms with Crippen LogP contribution in [-0.4, -0.2) is 70.5 Å². The van der Waals surface area contributed by atoms with E-state index in [-0.39, 0.29) is 46.6 Å². The average molecular weight is 629 g/mol. The van der Waals surface area contributed by atoms with Crippen LogP contribution in [0.5, 0.6) is 0 Å². The van der Waals surface area contributed by atoms with Crippen LogP contribution < -0.4 is 0 Å². The summed E-state index contributed by atoms with van der Waals surface area (Å²) in [5.41, 5.74) is 3.56. The minimum absolute atomic E-state index is 0.0179. The van der Waals surface area contributed by atoms with Crippen LogP contribution in [0.4, 0.5) is 0 Å². The van der Waals surface area contributed by atoms with Gasteiger partial charge in [-0.2, -0.15) is 0 Å². The van der Waals surface area contributed by atoms with Crippen molar-refractivity contribution >= 4 is 11.8 Å². The maximum absolute atomic E-state index is 13.8. The Balaban J connectivity index is 1.55. The summed E-state index contributed by atoms with van der Waals surface area (Å²) in [6.07, 6.45) is 7.33. The maximum Gasteiger partial charge on any atom is 0.302 e. The van der Waals surface area contributed by atoms with Crippen molar-refractivity contribution in [2.75, 3.05) is 6.61 Å². The number of carbonyl (C=O) groups excluding carboxylic acids is 2. The van der Waals surface area contributed by atoms with Crippen molar-refractivity contribution in [3.8, 4) is 0 Å². The zero-order chi connectivity index (χ0) is 33.5. The van der Waals surface area contributed by atoms with E-state index in [0.717, 1.165) is 48.0 Å². The van der Waals surface area contributed by atoms with Gasteiger partial charge >= 0.3 is 5.97 Å². The molecule has 3 aliphatic carbocycles. The Morgan fingerprint density at radius 3 is 2.33 bits per heavy atom. The molecule has 0 aromatic heterocycles. The second kappa shape index (κ2) is 13.6. The van der Waals surface area contributed by atoms with Gasteiger partial charge in [0.15, 0.2) is 12.1 Å². The summed E-state index contributed by atoms with van der Waals surface area (Å²) in [5, 5.41) is 30.4. The lowest BCUT2D eigenvalue weighted by atomic mass is 9.43. The summed E-state index contributed by atoms with van der Waals surface area (Å²) in [4.78, 5) is 25.6. The third kappa shape index (κ3) is 6.96. The molecule has 4 rings (SSSR count). The molecule has 8 nitrogen and oxygen atoms in total. The number of carbonyl (C=O) groups is 2. The number of Topliss-reactive ketones (excluding diaryl/α,β-unsaturated/α-hetero) is 1. The number of fused-ring (bicyclic) bond motifs is 3. The fourth-order valence-corrected chi connectivity index (χ4v) is 9.26. The number of aliphatic hydroxyl groups excluding tert-OH is 3. The summed E-state index contributed by atoms with van der Waals surface area (Å²) in [7, 11) is 0. The molecule has 4 fully saturated rings. The summed E-state index contributed by atoms with van der Waals surface area (Å²) < 4.78 is 17.4. The molecule has 0 amide bonds. The summed E-state index contributed by atoms with van der Waals surface area (Å²) in [5.74, 6) is 0.616. The van der Waals surface area contributed by atoms with Crippen LogP contribution >= 0.6 is 0 Å². The van der Waals surface area contributed by atoms with Gasteiger partial charge in [0, 0.05) is 29.7 Å². The van der Waals surface area contributed by atoms with Gasteiger partial charge < -0.3 is 29.5 Å². The highest BCUT2D eigenvalue weighted by molar-refractivity contribution is 6.00. The maximum atomic E-state index is 13.8. The van der Waals surface area contributed by atoms with Crippen molar-refractivity contribution in [2.45, 2.75) is 138 Å². The highest BCUT2D eigenvalue weighted by Gasteiger charge is 2.65. The van der Waals surface area contributed by atoms with Crippen molar-refractivity contribution in [1.82, 2.24) is 0 Å². The molecule has 45 heavy (non-hydrogen) atoms. The first-order chi connectivity index (χ1) is 20.9. The summed E-state index contributed by atoms with van der Waals surface area (Å²) in [6.45, 7) is 18.5. The van der Waals surface area contributed by atoms with E-state index in [1.807, 2.05) is 45.9 Å². The van der Waals surface area contributed by atoms with Crippen molar-refractivity contribution in [2.24, 2.45) is 28.1 Å². The average Bonchev–Trinajstić information content (AvgIpc) is 3.23. The second-order valence-electron chi connectivity index (χ2n) is 15.4. The van der Waals surface area contributed by atoms with Gasteiger partial charge in [0.2, 0.25) is 0 Å². The van der Waals surface area contributed by atoms with Crippen LogP contribution in [0.1, 0.15) is 101 Å². The summed E-state index contributed by atoms with van der Waals surface area (Å²) >= 11 is 0.